The third-order valence-corrected chi connectivity index (χ3v) is 2.80. The summed E-state index contributed by atoms with van der Waals surface area (Å²) in [6.45, 7) is 12.5. The van der Waals surface area contributed by atoms with Gasteiger partial charge in [-0.1, -0.05) is 6.92 Å². The molecule has 0 aromatic carbocycles. The van der Waals surface area contributed by atoms with Crippen LogP contribution in [0.5, 0.6) is 0 Å². The summed E-state index contributed by atoms with van der Waals surface area (Å²) < 4.78 is 0. The van der Waals surface area contributed by atoms with Crippen molar-refractivity contribution in [3.63, 3.8) is 0 Å². The maximum Gasteiger partial charge on any atom is 0.224 e. The fraction of sp³-hybridized carbons (Fsp3) is 0.917. The Labute approximate surface area is 124 Å². The molecule has 0 saturated heterocycles. The minimum Gasteiger partial charge on any atom is -0.355 e. The van der Waals surface area contributed by atoms with E-state index in [0.717, 1.165) is 6.54 Å². The van der Waals surface area contributed by atoms with Crippen molar-refractivity contribution in [1.29, 1.82) is 0 Å². The van der Waals surface area contributed by atoms with Crippen LogP contribution in [0.25, 0.3) is 0 Å². The Morgan fingerprint density at radius 3 is 1.89 bits per heavy atom. The van der Waals surface area contributed by atoms with Gasteiger partial charge in [0, 0.05) is 37.6 Å². The quantitative estimate of drug-likeness (QED) is 0.752. The fourth-order valence-corrected chi connectivity index (χ4v) is 1.70. The van der Waals surface area contributed by atoms with E-state index < -0.39 is 0 Å². The Bertz CT molecular complexity index is 205. The molecular formula is C12H29Cl2N3O. The molecule has 0 saturated carbocycles. The lowest BCUT2D eigenvalue weighted by Gasteiger charge is -2.30. The highest BCUT2D eigenvalue weighted by Gasteiger charge is 2.14. The molecule has 4 nitrogen and oxygen atoms in total. The Morgan fingerprint density at radius 1 is 1.11 bits per heavy atom. The Balaban J connectivity index is -0.00000112. The van der Waals surface area contributed by atoms with Crippen molar-refractivity contribution < 1.29 is 4.79 Å². The van der Waals surface area contributed by atoms with Gasteiger partial charge in [-0.3, -0.25) is 9.69 Å². The van der Waals surface area contributed by atoms with Crippen LogP contribution < -0.4 is 11.1 Å². The second-order valence-corrected chi connectivity index (χ2v) is 4.85. The maximum absolute atomic E-state index is 11.5. The largest absolute Gasteiger partial charge is 0.355 e. The lowest BCUT2D eigenvalue weighted by atomic mass is 10.1. The molecule has 1 atom stereocenters. The molecule has 0 aliphatic rings. The highest BCUT2D eigenvalue weighted by atomic mass is 35.5. The van der Waals surface area contributed by atoms with Crippen LogP contribution >= 0.6 is 24.8 Å². The lowest BCUT2D eigenvalue weighted by molar-refractivity contribution is -0.124. The van der Waals surface area contributed by atoms with E-state index in [-0.39, 0.29) is 36.6 Å². The molecule has 0 aromatic rings. The molecule has 0 spiro atoms. The summed E-state index contributed by atoms with van der Waals surface area (Å²) in [7, 11) is 0. The number of hydrogen-bond donors (Lipinski definition) is 2. The minimum absolute atomic E-state index is 0. The number of amides is 1. The van der Waals surface area contributed by atoms with Crippen LogP contribution in [-0.4, -0.2) is 42.5 Å². The molecular weight excluding hydrogens is 273 g/mol. The molecule has 1 unspecified atom stereocenters. The molecule has 112 valence electrons. The lowest BCUT2D eigenvalue weighted by Crippen LogP contribution is -2.43. The van der Waals surface area contributed by atoms with Crippen molar-refractivity contribution in [1.82, 2.24) is 10.2 Å². The van der Waals surface area contributed by atoms with Gasteiger partial charge in [0.1, 0.15) is 0 Å². The first kappa shape index (κ1) is 23.1. The smallest absolute Gasteiger partial charge is 0.224 e. The number of nitrogens with one attached hydrogen (secondary N) is 1. The molecule has 1 amide bonds. The number of halogens is 2. The summed E-state index contributed by atoms with van der Waals surface area (Å²) in [6, 6.07) is 1.01. The van der Waals surface area contributed by atoms with Gasteiger partial charge in [0.15, 0.2) is 0 Å². The molecule has 0 fully saturated rings. The highest BCUT2D eigenvalue weighted by Crippen LogP contribution is 2.03. The average molecular weight is 302 g/mol. The fourth-order valence-electron chi connectivity index (χ4n) is 1.70. The Kier molecular flexibility index (Phi) is 15.4. The third-order valence-electron chi connectivity index (χ3n) is 2.80. The first-order valence-corrected chi connectivity index (χ1v) is 6.13. The van der Waals surface area contributed by atoms with E-state index in [2.05, 4.69) is 37.9 Å². The van der Waals surface area contributed by atoms with E-state index in [9.17, 15) is 4.79 Å². The van der Waals surface area contributed by atoms with Crippen LogP contribution in [0.2, 0.25) is 0 Å². The number of carbonyl (C=O) groups is 1. The van der Waals surface area contributed by atoms with Crippen molar-refractivity contribution in [3.8, 4) is 0 Å². The Hall–Kier alpha value is -0.0300. The summed E-state index contributed by atoms with van der Waals surface area (Å²) in [5.41, 5.74) is 5.43. The van der Waals surface area contributed by atoms with Crippen molar-refractivity contribution in [3.05, 3.63) is 0 Å². The summed E-state index contributed by atoms with van der Waals surface area (Å²) in [5.74, 6) is -0.0403. The first-order valence-electron chi connectivity index (χ1n) is 6.13. The monoisotopic (exact) mass is 301 g/mol. The van der Waals surface area contributed by atoms with E-state index >= 15 is 0 Å². The van der Waals surface area contributed by atoms with Crippen LogP contribution in [0.1, 0.15) is 34.6 Å². The minimum atomic E-state index is -0.0912. The third kappa shape index (κ3) is 8.97. The molecule has 0 radical (unpaired) electrons. The summed E-state index contributed by atoms with van der Waals surface area (Å²) in [5, 5.41) is 2.91. The Morgan fingerprint density at radius 2 is 1.56 bits per heavy atom. The molecule has 0 heterocycles. The number of hydrogen-bond acceptors (Lipinski definition) is 3. The molecule has 6 heteroatoms. The van der Waals surface area contributed by atoms with Crippen LogP contribution in [0.15, 0.2) is 0 Å². The molecule has 0 aliphatic carbocycles. The van der Waals surface area contributed by atoms with Gasteiger partial charge >= 0.3 is 0 Å². The average Bonchev–Trinajstić information content (AvgIpc) is 2.21. The standard InChI is InChI=1S/C12H27N3O.2ClH/c1-9(2)15(10(3)4)7-6-14-12(16)11(5)8-13;;/h9-11H,6-8,13H2,1-5H3,(H,14,16);2*1H. The first-order chi connectivity index (χ1) is 7.40. The highest BCUT2D eigenvalue weighted by molar-refractivity contribution is 5.85. The van der Waals surface area contributed by atoms with Gasteiger partial charge in [-0.25, -0.2) is 0 Å². The molecule has 0 aliphatic heterocycles. The van der Waals surface area contributed by atoms with Crippen LogP contribution in [0, 0.1) is 5.92 Å². The summed E-state index contributed by atoms with van der Waals surface area (Å²) in [4.78, 5) is 13.8. The van der Waals surface area contributed by atoms with Crippen LogP contribution in [0.4, 0.5) is 0 Å². The van der Waals surface area contributed by atoms with Gasteiger partial charge in [-0.15, -0.1) is 24.8 Å². The number of nitrogens with zero attached hydrogens (tertiary/aromatic N) is 1. The predicted octanol–water partition coefficient (Wildman–Crippen LogP) is 1.66. The van der Waals surface area contributed by atoms with Crippen LogP contribution in [-0.2, 0) is 4.79 Å². The van der Waals surface area contributed by atoms with Gasteiger partial charge in [-0.2, -0.15) is 0 Å². The van der Waals surface area contributed by atoms with Crippen LogP contribution in [0.3, 0.4) is 0 Å². The number of carbonyl (C=O) groups excluding carboxylic acids is 1. The molecule has 18 heavy (non-hydrogen) atoms. The maximum atomic E-state index is 11.5. The second-order valence-electron chi connectivity index (χ2n) is 4.85. The van der Waals surface area contributed by atoms with E-state index in [0.29, 0.717) is 25.2 Å². The molecule has 3 N–H and O–H groups in total. The van der Waals surface area contributed by atoms with Gasteiger partial charge in [0.2, 0.25) is 5.91 Å². The molecule has 0 aromatic heterocycles. The van der Waals surface area contributed by atoms with Gasteiger partial charge in [-0.05, 0) is 27.7 Å². The van der Waals surface area contributed by atoms with Gasteiger partial charge in [0.25, 0.3) is 0 Å². The van der Waals surface area contributed by atoms with Crippen molar-refractivity contribution in [2.45, 2.75) is 46.7 Å². The van der Waals surface area contributed by atoms with Gasteiger partial charge < -0.3 is 11.1 Å². The van der Waals surface area contributed by atoms with E-state index in [1.165, 1.54) is 0 Å². The van der Waals surface area contributed by atoms with Gasteiger partial charge in [0.05, 0.1) is 0 Å². The number of rotatable bonds is 7. The second kappa shape index (κ2) is 12.0. The summed E-state index contributed by atoms with van der Waals surface area (Å²) >= 11 is 0. The normalized spacial score (nSPS) is 12.1. The molecule has 0 bridgehead atoms. The zero-order valence-corrected chi connectivity index (χ0v) is 13.7. The zero-order valence-electron chi connectivity index (χ0n) is 12.1. The van der Waals surface area contributed by atoms with Crippen molar-refractivity contribution in [2.75, 3.05) is 19.6 Å². The molecule has 0 rings (SSSR count). The zero-order chi connectivity index (χ0) is 12.7. The topological polar surface area (TPSA) is 58.4 Å². The van der Waals surface area contributed by atoms with Crippen molar-refractivity contribution in [2.24, 2.45) is 11.7 Å². The SMILES string of the molecule is CC(CN)C(=O)NCCN(C(C)C)C(C)C.Cl.Cl. The van der Waals surface area contributed by atoms with Crippen molar-refractivity contribution >= 4 is 30.7 Å². The van der Waals surface area contributed by atoms with E-state index in [1.807, 2.05) is 6.92 Å². The number of nitrogens with two attached hydrogens (primary N) is 1. The van der Waals surface area contributed by atoms with E-state index in [1.54, 1.807) is 0 Å². The summed E-state index contributed by atoms with van der Waals surface area (Å²) in [6.07, 6.45) is 0. The van der Waals surface area contributed by atoms with E-state index in [4.69, 9.17) is 5.73 Å². The predicted molar refractivity (Wildman–Crippen MR) is 82.7 cm³/mol.